The lowest BCUT2D eigenvalue weighted by molar-refractivity contribution is 0.251. The average molecular weight is 386 g/mol. The molecule has 6 heteroatoms. The Labute approximate surface area is 166 Å². The molecule has 1 unspecified atom stereocenters. The van der Waals surface area contributed by atoms with Crippen LogP contribution in [0, 0.1) is 6.92 Å². The molecule has 2 N–H and O–H groups in total. The SMILES string of the molecule is CCNC(=NCC(c1ccccc1)N1CCCC1)NCCc1csc(C)n1. The van der Waals surface area contributed by atoms with Gasteiger partial charge >= 0.3 is 0 Å². The zero-order valence-corrected chi connectivity index (χ0v) is 17.3. The lowest BCUT2D eigenvalue weighted by atomic mass is 10.1. The predicted molar refractivity (Wildman–Crippen MR) is 115 cm³/mol. The van der Waals surface area contributed by atoms with Crippen molar-refractivity contribution >= 4 is 17.3 Å². The number of aromatic nitrogens is 1. The van der Waals surface area contributed by atoms with Crippen molar-refractivity contribution in [2.45, 2.75) is 39.2 Å². The highest BCUT2D eigenvalue weighted by atomic mass is 32.1. The Hall–Kier alpha value is -1.92. The fourth-order valence-electron chi connectivity index (χ4n) is 3.51. The number of guanidine groups is 1. The van der Waals surface area contributed by atoms with Gasteiger partial charge in [-0.1, -0.05) is 30.3 Å². The minimum atomic E-state index is 0.352. The van der Waals surface area contributed by atoms with E-state index in [1.807, 2.05) is 0 Å². The van der Waals surface area contributed by atoms with Crippen LogP contribution in [0.4, 0.5) is 0 Å². The molecule has 1 atom stereocenters. The van der Waals surface area contributed by atoms with Gasteiger partial charge < -0.3 is 10.6 Å². The maximum atomic E-state index is 4.91. The van der Waals surface area contributed by atoms with Gasteiger partial charge in [-0.05, 0) is 45.3 Å². The molecule has 1 aromatic heterocycles. The first kappa shape index (κ1) is 19.8. The van der Waals surface area contributed by atoms with Crippen molar-refractivity contribution < 1.29 is 0 Å². The monoisotopic (exact) mass is 385 g/mol. The lowest BCUT2D eigenvalue weighted by Crippen LogP contribution is -2.39. The first-order chi connectivity index (χ1) is 13.3. The molecule has 2 aromatic rings. The fourth-order valence-corrected chi connectivity index (χ4v) is 4.16. The molecule has 2 heterocycles. The van der Waals surface area contributed by atoms with Gasteiger partial charge in [0.25, 0.3) is 0 Å². The van der Waals surface area contributed by atoms with Crippen LogP contribution >= 0.6 is 11.3 Å². The zero-order chi connectivity index (χ0) is 18.9. The number of nitrogens with zero attached hydrogens (tertiary/aromatic N) is 3. The van der Waals surface area contributed by atoms with E-state index in [9.17, 15) is 0 Å². The van der Waals surface area contributed by atoms with E-state index in [-0.39, 0.29) is 0 Å². The minimum Gasteiger partial charge on any atom is -0.357 e. The maximum absolute atomic E-state index is 4.91. The largest absolute Gasteiger partial charge is 0.357 e. The molecule has 5 nitrogen and oxygen atoms in total. The van der Waals surface area contributed by atoms with Gasteiger partial charge in [0.15, 0.2) is 5.96 Å². The molecule has 1 aromatic carbocycles. The average Bonchev–Trinajstić information content (AvgIpc) is 3.35. The number of hydrogen-bond donors (Lipinski definition) is 2. The standard InChI is InChI=1S/C21H31N5S/c1-3-22-21(23-12-11-19-16-27-17(2)25-19)24-15-20(26-13-7-8-14-26)18-9-5-4-6-10-18/h4-6,9-10,16,20H,3,7-8,11-15H2,1-2H3,(H2,22,23,24). The Morgan fingerprint density at radius 2 is 2.00 bits per heavy atom. The normalized spacial score (nSPS) is 16.4. The second-order valence-electron chi connectivity index (χ2n) is 6.92. The van der Waals surface area contributed by atoms with E-state index < -0.39 is 0 Å². The Morgan fingerprint density at radius 1 is 1.22 bits per heavy atom. The van der Waals surface area contributed by atoms with Crippen molar-refractivity contribution in [1.29, 1.82) is 0 Å². The molecule has 146 valence electrons. The van der Waals surface area contributed by atoms with Gasteiger partial charge in [0.2, 0.25) is 0 Å². The highest BCUT2D eigenvalue weighted by Gasteiger charge is 2.23. The summed E-state index contributed by atoms with van der Waals surface area (Å²) in [6, 6.07) is 11.1. The van der Waals surface area contributed by atoms with Crippen LogP contribution in [0.15, 0.2) is 40.7 Å². The smallest absolute Gasteiger partial charge is 0.191 e. The minimum absolute atomic E-state index is 0.352. The Bertz CT molecular complexity index is 706. The van der Waals surface area contributed by atoms with Gasteiger partial charge in [0.05, 0.1) is 23.3 Å². The molecule has 0 spiro atoms. The molecule has 0 saturated carbocycles. The van der Waals surface area contributed by atoms with Crippen LogP contribution in [-0.4, -0.2) is 48.6 Å². The van der Waals surface area contributed by atoms with Crippen molar-refractivity contribution in [1.82, 2.24) is 20.5 Å². The Kier molecular flexibility index (Phi) is 7.66. The summed E-state index contributed by atoms with van der Waals surface area (Å²) < 4.78 is 0. The van der Waals surface area contributed by atoms with E-state index >= 15 is 0 Å². The second-order valence-corrected chi connectivity index (χ2v) is 7.99. The first-order valence-electron chi connectivity index (χ1n) is 9.98. The lowest BCUT2D eigenvalue weighted by Gasteiger charge is -2.27. The summed E-state index contributed by atoms with van der Waals surface area (Å²) >= 11 is 1.71. The van der Waals surface area contributed by atoms with E-state index in [1.54, 1.807) is 11.3 Å². The van der Waals surface area contributed by atoms with Crippen LogP contribution in [0.1, 0.15) is 42.1 Å². The van der Waals surface area contributed by atoms with Crippen LogP contribution in [0.5, 0.6) is 0 Å². The van der Waals surface area contributed by atoms with Crippen LogP contribution in [0.2, 0.25) is 0 Å². The molecule has 3 rings (SSSR count). The van der Waals surface area contributed by atoms with Crippen LogP contribution < -0.4 is 10.6 Å². The van der Waals surface area contributed by atoms with Crippen molar-refractivity contribution in [3.05, 3.63) is 52.0 Å². The number of thiazole rings is 1. The molecule has 0 aliphatic carbocycles. The molecule has 1 fully saturated rings. The molecule has 0 bridgehead atoms. The summed E-state index contributed by atoms with van der Waals surface area (Å²) in [5.41, 5.74) is 2.51. The number of benzene rings is 1. The third kappa shape index (κ3) is 6.04. The van der Waals surface area contributed by atoms with Gasteiger partial charge in [0, 0.05) is 24.9 Å². The maximum Gasteiger partial charge on any atom is 0.191 e. The zero-order valence-electron chi connectivity index (χ0n) is 16.4. The summed E-state index contributed by atoms with van der Waals surface area (Å²) in [4.78, 5) is 12.0. The molecular weight excluding hydrogens is 354 g/mol. The number of aliphatic imine (C=N–C) groups is 1. The van der Waals surface area contributed by atoms with Crippen LogP contribution in [0.3, 0.4) is 0 Å². The number of aryl methyl sites for hydroxylation is 1. The van der Waals surface area contributed by atoms with E-state index in [1.165, 1.54) is 31.5 Å². The summed E-state index contributed by atoms with van der Waals surface area (Å²) in [7, 11) is 0. The molecule has 0 radical (unpaired) electrons. The van der Waals surface area contributed by atoms with Crippen molar-refractivity contribution in [2.24, 2.45) is 4.99 Å². The molecule has 1 aliphatic heterocycles. The van der Waals surface area contributed by atoms with Crippen molar-refractivity contribution in [3.8, 4) is 0 Å². The van der Waals surface area contributed by atoms with Gasteiger partial charge in [-0.2, -0.15) is 0 Å². The van der Waals surface area contributed by atoms with Crippen LogP contribution in [0.25, 0.3) is 0 Å². The summed E-state index contributed by atoms with van der Waals surface area (Å²) in [6.45, 7) is 8.97. The second kappa shape index (κ2) is 10.4. The molecule has 27 heavy (non-hydrogen) atoms. The Balaban J connectivity index is 1.61. The predicted octanol–water partition coefficient (Wildman–Crippen LogP) is 3.39. The van der Waals surface area contributed by atoms with E-state index in [2.05, 4.69) is 70.1 Å². The highest BCUT2D eigenvalue weighted by molar-refractivity contribution is 7.09. The van der Waals surface area contributed by atoms with Gasteiger partial charge in [-0.25, -0.2) is 4.98 Å². The number of likely N-dealkylation sites (tertiary alicyclic amines) is 1. The summed E-state index contributed by atoms with van der Waals surface area (Å²) in [6.07, 6.45) is 3.50. The van der Waals surface area contributed by atoms with E-state index in [4.69, 9.17) is 4.99 Å². The van der Waals surface area contributed by atoms with Crippen molar-refractivity contribution in [3.63, 3.8) is 0 Å². The molecule has 1 saturated heterocycles. The van der Waals surface area contributed by atoms with Crippen molar-refractivity contribution in [2.75, 3.05) is 32.7 Å². The highest BCUT2D eigenvalue weighted by Crippen LogP contribution is 2.25. The first-order valence-corrected chi connectivity index (χ1v) is 10.9. The summed E-state index contributed by atoms with van der Waals surface area (Å²) in [5, 5.41) is 10.1. The third-order valence-electron chi connectivity index (χ3n) is 4.87. The van der Waals surface area contributed by atoms with E-state index in [0.717, 1.165) is 42.7 Å². The fraction of sp³-hybridized carbons (Fsp3) is 0.524. The van der Waals surface area contributed by atoms with Gasteiger partial charge in [0.1, 0.15) is 0 Å². The van der Waals surface area contributed by atoms with E-state index in [0.29, 0.717) is 6.04 Å². The topological polar surface area (TPSA) is 52.6 Å². The quantitative estimate of drug-likeness (QED) is 0.540. The molecular formula is C21H31N5S. The number of rotatable bonds is 8. The molecule has 0 amide bonds. The van der Waals surface area contributed by atoms with Crippen LogP contribution in [-0.2, 0) is 6.42 Å². The van der Waals surface area contributed by atoms with Gasteiger partial charge in [-0.3, -0.25) is 9.89 Å². The summed E-state index contributed by atoms with van der Waals surface area (Å²) in [5.74, 6) is 0.893. The number of nitrogens with one attached hydrogen (secondary N) is 2. The number of hydrogen-bond acceptors (Lipinski definition) is 4. The Morgan fingerprint density at radius 3 is 2.67 bits per heavy atom. The van der Waals surface area contributed by atoms with Gasteiger partial charge in [-0.15, -0.1) is 11.3 Å². The molecule has 1 aliphatic rings. The third-order valence-corrected chi connectivity index (χ3v) is 5.69.